The molecular weight excluding hydrogens is 330 g/mol. The maximum Gasteiger partial charge on any atom is 0.138 e. The van der Waals surface area contributed by atoms with Crippen LogP contribution in [0.4, 0.5) is 11.5 Å². The summed E-state index contributed by atoms with van der Waals surface area (Å²) in [5.74, 6) is 1.69. The fraction of sp³-hybridized carbons (Fsp3) is 0.167. The molecule has 4 aromatic rings. The second-order valence-corrected chi connectivity index (χ2v) is 7.23. The van der Waals surface area contributed by atoms with Crippen molar-refractivity contribution in [2.24, 2.45) is 0 Å². The Morgan fingerprint density at radius 3 is 2.33 bits per heavy atom. The standard InChI is InChI=1S/C24H21N3/c1-2-4-23-22(3-1)20(15-17-11-13-25-14-12-17)16-26-24(23)27-21-9-7-19(8-10-21)18-5-6-18/h1-4,7-14,16,18H,5-6,15H2,(H,26,27). The first kappa shape index (κ1) is 16.0. The van der Waals surface area contributed by atoms with Crippen LogP contribution in [0.2, 0.25) is 0 Å². The molecule has 1 N–H and O–H groups in total. The van der Waals surface area contributed by atoms with Crippen LogP contribution in [0.25, 0.3) is 10.8 Å². The van der Waals surface area contributed by atoms with Crippen LogP contribution in [0.1, 0.15) is 35.4 Å². The highest BCUT2D eigenvalue weighted by Crippen LogP contribution is 2.40. The van der Waals surface area contributed by atoms with Gasteiger partial charge < -0.3 is 5.32 Å². The van der Waals surface area contributed by atoms with Crippen LogP contribution < -0.4 is 5.32 Å². The molecule has 1 aliphatic rings. The maximum atomic E-state index is 4.74. The van der Waals surface area contributed by atoms with Gasteiger partial charge in [-0.3, -0.25) is 4.98 Å². The Bertz CT molecular complexity index is 1070. The molecule has 0 bridgehead atoms. The predicted molar refractivity (Wildman–Crippen MR) is 110 cm³/mol. The van der Waals surface area contributed by atoms with Crippen LogP contribution in [-0.2, 0) is 6.42 Å². The predicted octanol–water partition coefficient (Wildman–Crippen LogP) is 5.84. The minimum Gasteiger partial charge on any atom is -0.340 e. The zero-order valence-electron chi connectivity index (χ0n) is 15.1. The van der Waals surface area contributed by atoms with Crippen LogP contribution in [-0.4, -0.2) is 9.97 Å². The summed E-state index contributed by atoms with van der Waals surface area (Å²) in [4.78, 5) is 8.85. The zero-order chi connectivity index (χ0) is 18.1. The van der Waals surface area contributed by atoms with Crippen molar-refractivity contribution in [1.29, 1.82) is 0 Å². The minimum absolute atomic E-state index is 0.783. The van der Waals surface area contributed by atoms with E-state index in [1.165, 1.54) is 34.9 Å². The van der Waals surface area contributed by atoms with Gasteiger partial charge in [-0.05, 0) is 71.5 Å². The molecule has 0 aliphatic heterocycles. The normalized spacial score (nSPS) is 13.6. The third kappa shape index (κ3) is 3.41. The maximum absolute atomic E-state index is 4.74. The minimum atomic E-state index is 0.783. The van der Waals surface area contributed by atoms with E-state index in [9.17, 15) is 0 Å². The van der Waals surface area contributed by atoms with Crippen molar-refractivity contribution in [2.75, 3.05) is 5.32 Å². The number of nitrogens with one attached hydrogen (secondary N) is 1. The van der Waals surface area contributed by atoms with Gasteiger partial charge in [0.2, 0.25) is 0 Å². The van der Waals surface area contributed by atoms with E-state index >= 15 is 0 Å². The topological polar surface area (TPSA) is 37.8 Å². The molecule has 0 spiro atoms. The number of anilines is 2. The van der Waals surface area contributed by atoms with Crippen LogP contribution in [0.3, 0.4) is 0 Å². The lowest BCUT2D eigenvalue weighted by Gasteiger charge is -2.13. The zero-order valence-corrected chi connectivity index (χ0v) is 15.1. The molecule has 3 nitrogen and oxygen atoms in total. The van der Waals surface area contributed by atoms with Gasteiger partial charge in [0.05, 0.1) is 0 Å². The van der Waals surface area contributed by atoms with Crippen molar-refractivity contribution in [3.8, 4) is 0 Å². The van der Waals surface area contributed by atoms with Crippen LogP contribution >= 0.6 is 0 Å². The van der Waals surface area contributed by atoms with Crippen molar-refractivity contribution in [3.63, 3.8) is 0 Å². The van der Waals surface area contributed by atoms with E-state index in [1.807, 2.05) is 18.6 Å². The van der Waals surface area contributed by atoms with E-state index in [-0.39, 0.29) is 0 Å². The van der Waals surface area contributed by atoms with E-state index in [2.05, 4.69) is 71.0 Å². The van der Waals surface area contributed by atoms with Gasteiger partial charge in [0.25, 0.3) is 0 Å². The monoisotopic (exact) mass is 351 g/mol. The molecule has 5 rings (SSSR count). The summed E-state index contributed by atoms with van der Waals surface area (Å²) in [5.41, 5.74) is 5.00. The molecule has 0 atom stereocenters. The Balaban J connectivity index is 1.47. The summed E-state index contributed by atoms with van der Waals surface area (Å²) in [6, 6.07) is 21.4. The molecule has 0 amide bonds. The summed E-state index contributed by atoms with van der Waals surface area (Å²) >= 11 is 0. The molecule has 2 aromatic heterocycles. The lowest BCUT2D eigenvalue weighted by molar-refractivity contribution is 1.13. The number of nitrogens with zero attached hydrogens (tertiary/aromatic N) is 2. The van der Waals surface area contributed by atoms with Crippen LogP contribution in [0.15, 0.2) is 79.3 Å². The van der Waals surface area contributed by atoms with Crippen LogP contribution in [0, 0.1) is 0 Å². The summed E-state index contributed by atoms with van der Waals surface area (Å²) in [6.07, 6.45) is 9.18. The number of hydrogen-bond acceptors (Lipinski definition) is 3. The van der Waals surface area contributed by atoms with Crippen molar-refractivity contribution >= 4 is 22.3 Å². The lowest BCUT2D eigenvalue weighted by atomic mass is 10.0. The Hall–Kier alpha value is -3.20. The second kappa shape index (κ2) is 6.84. The van der Waals surface area contributed by atoms with Gasteiger partial charge in [0.1, 0.15) is 5.82 Å². The molecule has 0 saturated heterocycles. The quantitative estimate of drug-likeness (QED) is 0.491. The number of hydrogen-bond donors (Lipinski definition) is 1. The molecule has 1 fully saturated rings. The van der Waals surface area contributed by atoms with E-state index in [1.54, 1.807) is 0 Å². The number of aromatic nitrogens is 2. The first-order valence-electron chi connectivity index (χ1n) is 9.49. The summed E-state index contributed by atoms with van der Waals surface area (Å²) in [6.45, 7) is 0. The molecule has 2 aromatic carbocycles. The highest BCUT2D eigenvalue weighted by molar-refractivity contribution is 5.95. The average Bonchev–Trinajstić information content (AvgIpc) is 3.57. The van der Waals surface area contributed by atoms with Gasteiger partial charge in [0, 0.05) is 29.7 Å². The Labute approximate surface area is 159 Å². The Morgan fingerprint density at radius 1 is 0.852 bits per heavy atom. The van der Waals surface area contributed by atoms with Crippen molar-refractivity contribution in [2.45, 2.75) is 25.2 Å². The summed E-state index contributed by atoms with van der Waals surface area (Å²) in [5, 5.41) is 5.89. The smallest absolute Gasteiger partial charge is 0.138 e. The highest BCUT2D eigenvalue weighted by atomic mass is 15.0. The molecule has 0 radical (unpaired) electrons. The second-order valence-electron chi connectivity index (χ2n) is 7.23. The van der Waals surface area contributed by atoms with Gasteiger partial charge in [-0.15, -0.1) is 0 Å². The first-order valence-corrected chi connectivity index (χ1v) is 9.49. The largest absolute Gasteiger partial charge is 0.340 e. The number of benzene rings is 2. The SMILES string of the molecule is c1ccc2c(Nc3ccc(C4CC4)cc3)ncc(Cc3ccncc3)c2c1. The molecule has 1 saturated carbocycles. The van der Waals surface area contributed by atoms with Gasteiger partial charge in [0.15, 0.2) is 0 Å². The van der Waals surface area contributed by atoms with E-state index in [4.69, 9.17) is 4.98 Å². The molecule has 132 valence electrons. The van der Waals surface area contributed by atoms with Crippen LogP contribution in [0.5, 0.6) is 0 Å². The first-order chi connectivity index (χ1) is 13.4. The van der Waals surface area contributed by atoms with Crippen molar-refractivity contribution in [1.82, 2.24) is 9.97 Å². The Morgan fingerprint density at radius 2 is 1.59 bits per heavy atom. The summed E-state index contributed by atoms with van der Waals surface area (Å²) in [7, 11) is 0. The fourth-order valence-corrected chi connectivity index (χ4v) is 3.60. The molecular formula is C24H21N3. The fourth-order valence-electron chi connectivity index (χ4n) is 3.60. The van der Waals surface area contributed by atoms with Gasteiger partial charge in [-0.2, -0.15) is 0 Å². The lowest BCUT2D eigenvalue weighted by Crippen LogP contribution is -1.98. The molecule has 0 unspecified atom stereocenters. The van der Waals surface area contributed by atoms with Gasteiger partial charge >= 0.3 is 0 Å². The number of fused-ring (bicyclic) bond motifs is 1. The number of rotatable bonds is 5. The Kier molecular flexibility index (Phi) is 4.06. The highest BCUT2D eigenvalue weighted by Gasteiger charge is 2.22. The molecule has 1 aliphatic carbocycles. The number of pyridine rings is 2. The third-order valence-corrected chi connectivity index (χ3v) is 5.24. The molecule has 3 heteroatoms. The average molecular weight is 351 g/mol. The molecule has 27 heavy (non-hydrogen) atoms. The molecule has 2 heterocycles. The van der Waals surface area contributed by atoms with Gasteiger partial charge in [-0.25, -0.2) is 4.98 Å². The van der Waals surface area contributed by atoms with Crippen molar-refractivity contribution < 1.29 is 0 Å². The third-order valence-electron chi connectivity index (χ3n) is 5.24. The van der Waals surface area contributed by atoms with Gasteiger partial charge in [-0.1, -0.05) is 36.4 Å². The van der Waals surface area contributed by atoms with E-state index in [0.717, 1.165) is 29.2 Å². The summed E-state index contributed by atoms with van der Waals surface area (Å²) < 4.78 is 0. The van der Waals surface area contributed by atoms with E-state index < -0.39 is 0 Å². The van der Waals surface area contributed by atoms with Crippen molar-refractivity contribution in [3.05, 3.63) is 95.9 Å². The van der Waals surface area contributed by atoms with E-state index in [0.29, 0.717) is 0 Å².